The molecule has 1 aromatic carbocycles. The van der Waals surface area contributed by atoms with Gasteiger partial charge in [0.05, 0.1) is 23.7 Å². The third kappa shape index (κ3) is 4.32. The number of likely N-dealkylation sites (N-methyl/N-ethyl adjacent to an activating group) is 1. The lowest BCUT2D eigenvalue weighted by atomic mass is 10.1. The van der Waals surface area contributed by atoms with Crippen molar-refractivity contribution in [2.45, 2.75) is 5.92 Å². The summed E-state index contributed by atoms with van der Waals surface area (Å²) in [5.74, 6) is -1.18. The highest BCUT2D eigenvalue weighted by molar-refractivity contribution is 5.85. The van der Waals surface area contributed by atoms with Crippen molar-refractivity contribution in [2.75, 3.05) is 58.5 Å². The highest BCUT2D eigenvalue weighted by Crippen LogP contribution is 2.28. The van der Waals surface area contributed by atoms with Gasteiger partial charge in [0.2, 0.25) is 0 Å². The number of rotatable bonds is 6. The van der Waals surface area contributed by atoms with E-state index in [1.807, 2.05) is 30.3 Å². The van der Waals surface area contributed by atoms with E-state index in [1.165, 1.54) is 7.11 Å². The predicted molar refractivity (Wildman–Crippen MR) is 100 cm³/mol. The summed E-state index contributed by atoms with van der Waals surface area (Å²) in [6.45, 7) is 3.64. The van der Waals surface area contributed by atoms with Crippen molar-refractivity contribution in [3.63, 3.8) is 0 Å². The minimum Gasteiger partial charge on any atom is -0.462 e. The normalized spacial score (nSPS) is 16.1. The molecule has 2 aromatic rings. The SMILES string of the molecule is COCCOC(=O)[C@H](C#N)c1nc2ccccc2nc1N1CCN(C)CC1. The number of para-hydroxylation sites is 2. The molecule has 0 N–H and O–H groups in total. The largest absolute Gasteiger partial charge is 0.462 e. The number of carbonyl (C=O) groups excluding carboxylic acids is 1. The number of piperazine rings is 1. The first-order chi connectivity index (χ1) is 13.1. The van der Waals surface area contributed by atoms with E-state index in [-0.39, 0.29) is 13.2 Å². The zero-order chi connectivity index (χ0) is 19.2. The molecule has 0 unspecified atom stereocenters. The second-order valence-electron chi connectivity index (χ2n) is 6.43. The lowest BCUT2D eigenvalue weighted by Crippen LogP contribution is -2.45. The second-order valence-corrected chi connectivity index (χ2v) is 6.43. The van der Waals surface area contributed by atoms with E-state index < -0.39 is 11.9 Å². The quantitative estimate of drug-likeness (QED) is 0.554. The van der Waals surface area contributed by atoms with Crippen LogP contribution in [-0.2, 0) is 14.3 Å². The summed E-state index contributed by atoms with van der Waals surface area (Å²) in [5, 5.41) is 9.67. The average molecular weight is 369 g/mol. The fourth-order valence-electron chi connectivity index (χ4n) is 2.98. The minimum atomic E-state index is -1.13. The van der Waals surface area contributed by atoms with E-state index in [4.69, 9.17) is 14.5 Å². The number of ether oxygens (including phenoxy) is 2. The number of aromatic nitrogens is 2. The standard InChI is InChI=1S/C19H23N5O3/c1-23-7-9-24(10-8-23)18-17(14(13-20)19(25)27-12-11-26-2)21-15-5-3-4-6-16(15)22-18/h3-6,14H,7-12H2,1-2H3/t14-/m1/s1. The summed E-state index contributed by atoms with van der Waals surface area (Å²) in [4.78, 5) is 26.1. The lowest BCUT2D eigenvalue weighted by Gasteiger charge is -2.34. The smallest absolute Gasteiger partial charge is 0.329 e. The maximum atomic E-state index is 12.5. The molecule has 1 aliphatic rings. The van der Waals surface area contributed by atoms with E-state index in [0.29, 0.717) is 17.0 Å². The minimum absolute atomic E-state index is 0.0956. The molecule has 0 saturated carbocycles. The van der Waals surface area contributed by atoms with Crippen molar-refractivity contribution in [3.05, 3.63) is 30.0 Å². The van der Waals surface area contributed by atoms with Crippen molar-refractivity contribution in [3.8, 4) is 6.07 Å². The van der Waals surface area contributed by atoms with Crippen LogP contribution in [0.1, 0.15) is 11.6 Å². The van der Waals surface area contributed by atoms with Gasteiger partial charge in [-0.1, -0.05) is 12.1 Å². The fraction of sp³-hybridized carbons (Fsp3) is 0.474. The van der Waals surface area contributed by atoms with Gasteiger partial charge in [-0.3, -0.25) is 4.79 Å². The Labute approximate surface area is 158 Å². The Balaban J connectivity index is 1.99. The van der Waals surface area contributed by atoms with Gasteiger partial charge in [0, 0.05) is 33.3 Å². The zero-order valence-corrected chi connectivity index (χ0v) is 15.6. The molecule has 0 spiro atoms. The first kappa shape index (κ1) is 19.0. The van der Waals surface area contributed by atoms with E-state index >= 15 is 0 Å². The molecule has 3 rings (SSSR count). The summed E-state index contributed by atoms with van der Waals surface area (Å²) in [6, 6.07) is 9.50. The number of nitrogens with zero attached hydrogens (tertiary/aromatic N) is 5. The van der Waals surface area contributed by atoms with E-state index in [9.17, 15) is 10.1 Å². The molecule has 2 heterocycles. The number of nitriles is 1. The monoisotopic (exact) mass is 369 g/mol. The Morgan fingerprint density at radius 3 is 2.48 bits per heavy atom. The highest BCUT2D eigenvalue weighted by atomic mass is 16.6. The molecule has 0 bridgehead atoms. The Kier molecular flexibility index (Phi) is 6.16. The molecular weight excluding hydrogens is 346 g/mol. The number of esters is 1. The molecule has 8 heteroatoms. The van der Waals surface area contributed by atoms with Crippen LogP contribution in [0.4, 0.5) is 5.82 Å². The predicted octanol–water partition coefficient (Wildman–Crippen LogP) is 1.18. The zero-order valence-electron chi connectivity index (χ0n) is 15.6. The molecule has 1 aromatic heterocycles. The van der Waals surface area contributed by atoms with Crippen LogP contribution in [0, 0.1) is 11.3 Å². The fourth-order valence-corrected chi connectivity index (χ4v) is 2.98. The van der Waals surface area contributed by atoms with E-state index in [0.717, 1.165) is 31.7 Å². The van der Waals surface area contributed by atoms with E-state index in [1.54, 1.807) is 0 Å². The van der Waals surface area contributed by atoms with Crippen LogP contribution in [0.2, 0.25) is 0 Å². The van der Waals surface area contributed by atoms with Gasteiger partial charge >= 0.3 is 5.97 Å². The summed E-state index contributed by atoms with van der Waals surface area (Å²) in [5.41, 5.74) is 1.73. The number of methoxy groups -OCH3 is 1. The van der Waals surface area contributed by atoms with Gasteiger partial charge in [-0.15, -0.1) is 0 Å². The third-order valence-corrected chi connectivity index (χ3v) is 4.55. The molecular formula is C19H23N5O3. The molecule has 0 radical (unpaired) electrons. The Hall–Kier alpha value is -2.76. The number of benzene rings is 1. The van der Waals surface area contributed by atoms with Crippen molar-refractivity contribution < 1.29 is 14.3 Å². The maximum Gasteiger partial charge on any atom is 0.329 e. The maximum absolute atomic E-state index is 12.5. The van der Waals surface area contributed by atoms with Gasteiger partial charge in [-0.2, -0.15) is 5.26 Å². The molecule has 1 atom stereocenters. The Bertz CT molecular complexity index is 843. The number of carbonyl (C=O) groups is 1. The van der Waals surface area contributed by atoms with Crippen LogP contribution in [0.25, 0.3) is 11.0 Å². The summed E-state index contributed by atoms with van der Waals surface area (Å²) in [7, 11) is 3.59. The number of fused-ring (bicyclic) bond motifs is 1. The topological polar surface area (TPSA) is 91.6 Å². The molecule has 27 heavy (non-hydrogen) atoms. The first-order valence-electron chi connectivity index (χ1n) is 8.89. The molecule has 8 nitrogen and oxygen atoms in total. The average Bonchev–Trinajstić information content (AvgIpc) is 2.69. The lowest BCUT2D eigenvalue weighted by molar-refractivity contribution is -0.145. The molecule has 1 saturated heterocycles. The summed E-state index contributed by atoms with van der Waals surface area (Å²) < 4.78 is 10.1. The Morgan fingerprint density at radius 1 is 1.19 bits per heavy atom. The Morgan fingerprint density at radius 2 is 1.85 bits per heavy atom. The summed E-state index contributed by atoms with van der Waals surface area (Å²) >= 11 is 0. The van der Waals surface area contributed by atoms with Crippen molar-refractivity contribution in [1.29, 1.82) is 5.26 Å². The van der Waals surface area contributed by atoms with Gasteiger partial charge in [0.25, 0.3) is 0 Å². The van der Waals surface area contributed by atoms with Crippen LogP contribution < -0.4 is 4.90 Å². The van der Waals surface area contributed by atoms with E-state index in [2.05, 4.69) is 21.8 Å². The van der Waals surface area contributed by atoms with Crippen molar-refractivity contribution in [2.24, 2.45) is 0 Å². The highest BCUT2D eigenvalue weighted by Gasteiger charge is 2.30. The van der Waals surface area contributed by atoms with Crippen LogP contribution in [0.15, 0.2) is 24.3 Å². The van der Waals surface area contributed by atoms with Gasteiger partial charge in [0.1, 0.15) is 12.3 Å². The van der Waals surface area contributed by atoms with Crippen LogP contribution in [0.3, 0.4) is 0 Å². The van der Waals surface area contributed by atoms with Crippen LogP contribution in [0.5, 0.6) is 0 Å². The number of hydrogen-bond acceptors (Lipinski definition) is 8. The van der Waals surface area contributed by atoms with Gasteiger partial charge in [0.15, 0.2) is 11.7 Å². The molecule has 142 valence electrons. The molecule has 1 fully saturated rings. The number of anilines is 1. The second kappa shape index (κ2) is 8.75. The van der Waals surface area contributed by atoms with Crippen LogP contribution >= 0.6 is 0 Å². The number of hydrogen-bond donors (Lipinski definition) is 0. The van der Waals surface area contributed by atoms with Crippen molar-refractivity contribution in [1.82, 2.24) is 14.9 Å². The van der Waals surface area contributed by atoms with Gasteiger partial charge < -0.3 is 19.3 Å². The molecule has 1 aliphatic heterocycles. The third-order valence-electron chi connectivity index (χ3n) is 4.55. The summed E-state index contributed by atoms with van der Waals surface area (Å²) in [6.07, 6.45) is 0. The van der Waals surface area contributed by atoms with Gasteiger partial charge in [-0.25, -0.2) is 9.97 Å². The van der Waals surface area contributed by atoms with Crippen LogP contribution in [-0.4, -0.2) is 74.4 Å². The van der Waals surface area contributed by atoms with Crippen molar-refractivity contribution >= 4 is 22.8 Å². The first-order valence-corrected chi connectivity index (χ1v) is 8.89. The van der Waals surface area contributed by atoms with Gasteiger partial charge in [-0.05, 0) is 19.2 Å². The molecule has 0 amide bonds. The molecule has 0 aliphatic carbocycles.